The average molecular weight is 366 g/mol. The fourth-order valence-electron chi connectivity index (χ4n) is 2.40. The summed E-state index contributed by atoms with van der Waals surface area (Å²) in [5, 5.41) is 2.04. The lowest BCUT2D eigenvalue weighted by Crippen LogP contribution is -1.91. The fourth-order valence-corrected chi connectivity index (χ4v) is 4.04. The van der Waals surface area contributed by atoms with Crippen LogP contribution >= 0.6 is 38.9 Å². The average Bonchev–Trinajstić information content (AvgIpc) is 2.77. The standard InChI is InChI=1S/C17H14BrClS/c1-10-5-11(2)16(18)9-12(10)7-15-8-13-6-14(19)3-4-17(13)20-15/h3-6,8-9H,7H2,1-2H3. The summed E-state index contributed by atoms with van der Waals surface area (Å²) in [6, 6.07) is 12.8. The maximum atomic E-state index is 6.05. The monoisotopic (exact) mass is 364 g/mol. The van der Waals surface area contributed by atoms with Crippen molar-refractivity contribution in [1.82, 2.24) is 0 Å². The molecule has 20 heavy (non-hydrogen) atoms. The molecule has 102 valence electrons. The lowest BCUT2D eigenvalue weighted by molar-refractivity contribution is 1.17. The van der Waals surface area contributed by atoms with Crippen molar-refractivity contribution < 1.29 is 0 Å². The molecular weight excluding hydrogens is 352 g/mol. The molecule has 3 heteroatoms. The Kier molecular flexibility index (Phi) is 3.89. The summed E-state index contributed by atoms with van der Waals surface area (Å²) in [5.74, 6) is 0. The van der Waals surface area contributed by atoms with Crippen LogP contribution in [0.15, 0.2) is 40.9 Å². The summed E-state index contributed by atoms with van der Waals surface area (Å²) >= 11 is 11.5. The minimum absolute atomic E-state index is 0.802. The van der Waals surface area contributed by atoms with E-state index in [2.05, 4.69) is 54.0 Å². The van der Waals surface area contributed by atoms with Gasteiger partial charge in [-0.15, -0.1) is 11.3 Å². The van der Waals surface area contributed by atoms with Gasteiger partial charge >= 0.3 is 0 Å². The zero-order valence-corrected chi connectivity index (χ0v) is 14.5. The van der Waals surface area contributed by atoms with Crippen molar-refractivity contribution in [2.24, 2.45) is 0 Å². The van der Waals surface area contributed by atoms with E-state index in [0.717, 1.165) is 11.4 Å². The summed E-state index contributed by atoms with van der Waals surface area (Å²) in [7, 11) is 0. The molecule has 0 aliphatic carbocycles. The Labute approximate surface area is 136 Å². The number of hydrogen-bond acceptors (Lipinski definition) is 1. The van der Waals surface area contributed by atoms with Crippen molar-refractivity contribution in [2.75, 3.05) is 0 Å². The van der Waals surface area contributed by atoms with Gasteiger partial charge in [-0.3, -0.25) is 0 Å². The lowest BCUT2D eigenvalue weighted by Gasteiger charge is -2.07. The van der Waals surface area contributed by atoms with Gasteiger partial charge in [0, 0.05) is 25.5 Å². The van der Waals surface area contributed by atoms with Gasteiger partial charge in [0.2, 0.25) is 0 Å². The van der Waals surface area contributed by atoms with Crippen molar-refractivity contribution in [3.63, 3.8) is 0 Å². The molecule has 0 amide bonds. The summed E-state index contributed by atoms with van der Waals surface area (Å²) in [4.78, 5) is 1.38. The molecule has 0 aliphatic heterocycles. The van der Waals surface area contributed by atoms with E-state index in [1.54, 1.807) is 0 Å². The van der Waals surface area contributed by atoms with Crippen LogP contribution in [0.25, 0.3) is 10.1 Å². The van der Waals surface area contributed by atoms with E-state index < -0.39 is 0 Å². The molecular formula is C17H14BrClS. The van der Waals surface area contributed by atoms with Crippen LogP contribution in [-0.4, -0.2) is 0 Å². The Morgan fingerprint density at radius 1 is 1.05 bits per heavy atom. The number of fused-ring (bicyclic) bond motifs is 1. The number of hydrogen-bond donors (Lipinski definition) is 0. The molecule has 1 aromatic heterocycles. The van der Waals surface area contributed by atoms with Gasteiger partial charge in [0.1, 0.15) is 0 Å². The molecule has 0 saturated heterocycles. The van der Waals surface area contributed by atoms with Crippen LogP contribution in [0.1, 0.15) is 21.6 Å². The Balaban J connectivity index is 1.99. The van der Waals surface area contributed by atoms with E-state index in [1.165, 1.54) is 36.1 Å². The molecule has 0 bridgehead atoms. The van der Waals surface area contributed by atoms with Gasteiger partial charge in [-0.2, -0.15) is 0 Å². The van der Waals surface area contributed by atoms with E-state index >= 15 is 0 Å². The molecule has 3 aromatic rings. The van der Waals surface area contributed by atoms with Crippen LogP contribution in [-0.2, 0) is 6.42 Å². The highest BCUT2D eigenvalue weighted by molar-refractivity contribution is 9.10. The van der Waals surface area contributed by atoms with Crippen molar-refractivity contribution in [3.8, 4) is 0 Å². The molecule has 0 spiro atoms. The normalized spacial score (nSPS) is 11.2. The van der Waals surface area contributed by atoms with Gasteiger partial charge in [0.25, 0.3) is 0 Å². The Morgan fingerprint density at radius 2 is 1.85 bits per heavy atom. The number of rotatable bonds is 2. The van der Waals surface area contributed by atoms with E-state index in [-0.39, 0.29) is 0 Å². The van der Waals surface area contributed by atoms with Crippen molar-refractivity contribution in [3.05, 3.63) is 67.5 Å². The van der Waals surface area contributed by atoms with Crippen LogP contribution in [0.2, 0.25) is 5.02 Å². The SMILES string of the molecule is Cc1cc(C)c(Cc2cc3cc(Cl)ccc3s2)cc1Br. The first-order chi connectivity index (χ1) is 9.52. The number of thiophene rings is 1. The fraction of sp³-hybridized carbons (Fsp3) is 0.176. The van der Waals surface area contributed by atoms with Gasteiger partial charge in [0.15, 0.2) is 0 Å². The van der Waals surface area contributed by atoms with E-state index in [4.69, 9.17) is 11.6 Å². The predicted molar refractivity (Wildman–Crippen MR) is 93.3 cm³/mol. The Bertz CT molecular complexity index is 789. The topological polar surface area (TPSA) is 0 Å². The second-order valence-electron chi connectivity index (χ2n) is 5.10. The minimum Gasteiger partial charge on any atom is -0.140 e. The van der Waals surface area contributed by atoms with E-state index in [1.807, 2.05) is 23.5 Å². The largest absolute Gasteiger partial charge is 0.140 e. The maximum absolute atomic E-state index is 6.05. The second kappa shape index (κ2) is 5.51. The second-order valence-corrected chi connectivity index (χ2v) is 7.56. The third kappa shape index (κ3) is 2.78. The zero-order chi connectivity index (χ0) is 14.3. The summed E-state index contributed by atoms with van der Waals surface area (Å²) < 4.78 is 2.48. The molecule has 0 saturated carbocycles. The van der Waals surface area contributed by atoms with Crippen molar-refractivity contribution in [2.45, 2.75) is 20.3 Å². The van der Waals surface area contributed by atoms with Gasteiger partial charge in [0.05, 0.1) is 0 Å². The lowest BCUT2D eigenvalue weighted by atomic mass is 10.0. The summed E-state index contributed by atoms with van der Waals surface area (Å²) in [5.41, 5.74) is 4.01. The Morgan fingerprint density at radius 3 is 2.65 bits per heavy atom. The highest BCUT2D eigenvalue weighted by Gasteiger charge is 2.07. The molecule has 0 radical (unpaired) electrons. The molecule has 3 rings (SSSR count). The van der Waals surface area contributed by atoms with E-state index in [0.29, 0.717) is 0 Å². The molecule has 0 atom stereocenters. The highest BCUT2D eigenvalue weighted by Crippen LogP contribution is 2.31. The molecule has 0 nitrogen and oxygen atoms in total. The Hall–Kier alpha value is -0.830. The third-order valence-electron chi connectivity index (χ3n) is 3.51. The number of benzene rings is 2. The summed E-state index contributed by atoms with van der Waals surface area (Å²) in [6.07, 6.45) is 0.974. The minimum atomic E-state index is 0.802. The molecule has 0 unspecified atom stereocenters. The predicted octanol–water partition coefficient (Wildman–Crippen LogP) is 6.52. The van der Waals surface area contributed by atoms with Gasteiger partial charge in [-0.25, -0.2) is 0 Å². The first-order valence-corrected chi connectivity index (χ1v) is 8.45. The molecule has 1 heterocycles. The van der Waals surface area contributed by atoms with Crippen molar-refractivity contribution >= 4 is 49.0 Å². The number of aryl methyl sites for hydroxylation is 2. The van der Waals surface area contributed by atoms with Crippen molar-refractivity contribution in [1.29, 1.82) is 0 Å². The van der Waals surface area contributed by atoms with E-state index in [9.17, 15) is 0 Å². The summed E-state index contributed by atoms with van der Waals surface area (Å²) in [6.45, 7) is 4.31. The first-order valence-electron chi connectivity index (χ1n) is 6.46. The smallest absolute Gasteiger partial charge is 0.0412 e. The highest BCUT2D eigenvalue weighted by atomic mass is 79.9. The van der Waals surface area contributed by atoms with Gasteiger partial charge in [-0.1, -0.05) is 33.6 Å². The van der Waals surface area contributed by atoms with Crippen LogP contribution in [0.3, 0.4) is 0 Å². The molecule has 0 N–H and O–H groups in total. The van der Waals surface area contributed by atoms with Crippen LogP contribution < -0.4 is 0 Å². The van der Waals surface area contributed by atoms with Crippen LogP contribution in [0.5, 0.6) is 0 Å². The molecule has 2 aromatic carbocycles. The van der Waals surface area contributed by atoms with Crippen LogP contribution in [0, 0.1) is 13.8 Å². The van der Waals surface area contributed by atoms with Gasteiger partial charge < -0.3 is 0 Å². The third-order valence-corrected chi connectivity index (χ3v) is 5.72. The molecule has 0 aliphatic rings. The zero-order valence-electron chi connectivity index (χ0n) is 11.3. The van der Waals surface area contributed by atoms with Crippen LogP contribution in [0.4, 0.5) is 0 Å². The first kappa shape index (κ1) is 14.1. The van der Waals surface area contributed by atoms with Gasteiger partial charge in [-0.05, 0) is 66.3 Å². The number of halogens is 2. The quantitative estimate of drug-likeness (QED) is 0.484. The molecule has 0 fully saturated rings. The maximum Gasteiger partial charge on any atom is 0.0412 e.